The van der Waals surface area contributed by atoms with Crippen molar-refractivity contribution in [3.63, 3.8) is 0 Å². The van der Waals surface area contributed by atoms with Crippen LogP contribution in [0.4, 0.5) is 5.82 Å². The molecule has 0 spiro atoms. The summed E-state index contributed by atoms with van der Waals surface area (Å²) in [6.07, 6.45) is 3.40. The highest BCUT2D eigenvalue weighted by atomic mass is 16.4. The molecule has 6 heteroatoms. The minimum Gasteiger partial charge on any atom is -0.467 e. The van der Waals surface area contributed by atoms with Gasteiger partial charge in [-0.15, -0.1) is 10.2 Å². The molecule has 0 radical (unpaired) electrons. The molecule has 1 aromatic carbocycles. The van der Waals surface area contributed by atoms with Gasteiger partial charge in [-0.05, 0) is 36.4 Å². The first kappa shape index (κ1) is 15.1. The van der Waals surface area contributed by atoms with E-state index in [1.165, 1.54) is 0 Å². The van der Waals surface area contributed by atoms with Crippen LogP contribution >= 0.6 is 0 Å². The van der Waals surface area contributed by atoms with Crippen LogP contribution in [0.3, 0.4) is 0 Å². The highest BCUT2D eigenvalue weighted by molar-refractivity contribution is 5.70. The first-order chi connectivity index (χ1) is 12.3. The molecule has 3 heterocycles. The normalized spacial score (nSPS) is 10.8. The van der Waals surface area contributed by atoms with Gasteiger partial charge in [0.1, 0.15) is 11.6 Å². The molecule has 0 saturated carbocycles. The SMILES string of the molecule is CN(Cc1ccco1)c1ncccc1-c1nnc(-c2ccccc2)o1. The molecule has 3 aromatic heterocycles. The lowest BCUT2D eigenvalue weighted by Gasteiger charge is -2.18. The molecule has 0 aliphatic rings. The van der Waals surface area contributed by atoms with Crippen molar-refractivity contribution in [2.24, 2.45) is 0 Å². The summed E-state index contributed by atoms with van der Waals surface area (Å²) >= 11 is 0. The van der Waals surface area contributed by atoms with Crippen molar-refractivity contribution in [1.82, 2.24) is 15.2 Å². The number of nitrogens with zero attached hydrogens (tertiary/aromatic N) is 4. The van der Waals surface area contributed by atoms with Gasteiger partial charge in [0.25, 0.3) is 5.89 Å². The maximum Gasteiger partial charge on any atom is 0.251 e. The fourth-order valence-electron chi connectivity index (χ4n) is 2.61. The second-order valence-electron chi connectivity index (χ2n) is 5.59. The monoisotopic (exact) mass is 332 g/mol. The van der Waals surface area contributed by atoms with Gasteiger partial charge in [-0.25, -0.2) is 4.98 Å². The van der Waals surface area contributed by atoms with Gasteiger partial charge in [-0.3, -0.25) is 0 Å². The summed E-state index contributed by atoms with van der Waals surface area (Å²) in [6, 6.07) is 17.3. The van der Waals surface area contributed by atoms with Crippen LogP contribution in [0.25, 0.3) is 22.9 Å². The first-order valence-electron chi connectivity index (χ1n) is 7.89. The number of pyridine rings is 1. The second-order valence-corrected chi connectivity index (χ2v) is 5.59. The van der Waals surface area contributed by atoms with E-state index in [1.807, 2.05) is 66.5 Å². The standard InChI is InChI=1S/C19H16N4O2/c1-23(13-15-9-6-12-24-15)17-16(10-5-11-20-17)19-22-21-18(25-19)14-7-3-2-4-8-14/h2-12H,13H2,1H3. The van der Waals surface area contributed by atoms with Crippen molar-refractivity contribution < 1.29 is 8.83 Å². The van der Waals surface area contributed by atoms with E-state index in [0.717, 1.165) is 22.7 Å². The molecular weight excluding hydrogens is 316 g/mol. The van der Waals surface area contributed by atoms with Crippen LogP contribution in [0.5, 0.6) is 0 Å². The highest BCUT2D eigenvalue weighted by Gasteiger charge is 2.17. The van der Waals surface area contributed by atoms with Crippen LogP contribution in [0.1, 0.15) is 5.76 Å². The third kappa shape index (κ3) is 3.14. The van der Waals surface area contributed by atoms with Crippen molar-refractivity contribution in [3.05, 3.63) is 72.8 Å². The van der Waals surface area contributed by atoms with Crippen molar-refractivity contribution in [1.29, 1.82) is 0 Å². The summed E-state index contributed by atoms with van der Waals surface area (Å²) in [5.74, 6) is 2.53. The smallest absolute Gasteiger partial charge is 0.251 e. The van der Waals surface area contributed by atoms with Gasteiger partial charge in [-0.1, -0.05) is 18.2 Å². The van der Waals surface area contributed by atoms with Crippen molar-refractivity contribution in [2.75, 3.05) is 11.9 Å². The molecule has 0 saturated heterocycles. The van der Waals surface area contributed by atoms with Gasteiger partial charge in [0, 0.05) is 18.8 Å². The Morgan fingerprint density at radius 1 is 0.920 bits per heavy atom. The van der Waals surface area contributed by atoms with E-state index >= 15 is 0 Å². The van der Waals surface area contributed by atoms with Gasteiger partial charge in [0.15, 0.2) is 0 Å². The van der Waals surface area contributed by atoms with Crippen LogP contribution in [-0.4, -0.2) is 22.2 Å². The van der Waals surface area contributed by atoms with E-state index in [1.54, 1.807) is 12.5 Å². The molecular formula is C19H16N4O2. The molecule has 0 aliphatic heterocycles. The number of hydrogen-bond acceptors (Lipinski definition) is 6. The molecule has 25 heavy (non-hydrogen) atoms. The molecule has 0 bridgehead atoms. The largest absolute Gasteiger partial charge is 0.467 e. The predicted molar refractivity (Wildman–Crippen MR) is 93.8 cm³/mol. The maximum atomic E-state index is 5.87. The fraction of sp³-hybridized carbons (Fsp3) is 0.105. The Morgan fingerprint density at radius 3 is 2.56 bits per heavy atom. The van der Waals surface area contributed by atoms with Crippen molar-refractivity contribution >= 4 is 5.82 Å². The Kier molecular flexibility index (Phi) is 4.00. The van der Waals surface area contributed by atoms with Gasteiger partial charge in [0.2, 0.25) is 5.89 Å². The molecule has 124 valence electrons. The third-order valence-electron chi connectivity index (χ3n) is 3.80. The predicted octanol–water partition coefficient (Wildman–Crippen LogP) is 4.03. The molecule has 6 nitrogen and oxygen atoms in total. The summed E-state index contributed by atoms with van der Waals surface area (Å²) in [5.41, 5.74) is 1.67. The Bertz CT molecular complexity index is 948. The maximum absolute atomic E-state index is 5.87. The number of rotatable bonds is 5. The fourth-order valence-corrected chi connectivity index (χ4v) is 2.61. The molecule has 4 aromatic rings. The summed E-state index contributed by atoms with van der Waals surface area (Å²) in [5, 5.41) is 8.35. The van der Waals surface area contributed by atoms with Crippen LogP contribution in [0.2, 0.25) is 0 Å². The molecule has 0 amide bonds. The summed E-state index contributed by atoms with van der Waals surface area (Å²) in [6.45, 7) is 0.594. The van der Waals surface area contributed by atoms with Crippen molar-refractivity contribution in [2.45, 2.75) is 6.54 Å². The Balaban J connectivity index is 1.66. The summed E-state index contributed by atoms with van der Waals surface area (Å²) in [4.78, 5) is 6.46. The molecule has 0 N–H and O–H groups in total. The van der Waals surface area contributed by atoms with E-state index in [9.17, 15) is 0 Å². The van der Waals surface area contributed by atoms with E-state index in [0.29, 0.717) is 18.3 Å². The zero-order valence-corrected chi connectivity index (χ0v) is 13.7. The zero-order chi connectivity index (χ0) is 17.1. The van der Waals surface area contributed by atoms with Gasteiger partial charge >= 0.3 is 0 Å². The van der Waals surface area contributed by atoms with E-state index in [4.69, 9.17) is 8.83 Å². The Hall–Kier alpha value is -3.41. The van der Waals surface area contributed by atoms with Crippen molar-refractivity contribution in [3.8, 4) is 22.9 Å². The van der Waals surface area contributed by atoms with Gasteiger partial charge in [0.05, 0.1) is 18.4 Å². The van der Waals surface area contributed by atoms with Crippen LogP contribution in [0.15, 0.2) is 75.9 Å². The molecule has 0 aliphatic carbocycles. The minimum absolute atomic E-state index is 0.438. The third-order valence-corrected chi connectivity index (χ3v) is 3.80. The van der Waals surface area contributed by atoms with Gasteiger partial charge < -0.3 is 13.7 Å². The first-order valence-corrected chi connectivity index (χ1v) is 7.89. The van der Waals surface area contributed by atoms with E-state index in [-0.39, 0.29) is 0 Å². The lowest BCUT2D eigenvalue weighted by molar-refractivity contribution is 0.507. The average molecular weight is 332 g/mol. The molecule has 4 rings (SSSR count). The van der Waals surface area contributed by atoms with Crippen LogP contribution < -0.4 is 4.90 Å². The highest BCUT2D eigenvalue weighted by Crippen LogP contribution is 2.30. The van der Waals surface area contributed by atoms with E-state index < -0.39 is 0 Å². The average Bonchev–Trinajstić information content (AvgIpc) is 3.34. The van der Waals surface area contributed by atoms with Crippen LogP contribution in [-0.2, 0) is 6.54 Å². The number of aromatic nitrogens is 3. The zero-order valence-electron chi connectivity index (χ0n) is 13.7. The molecule has 0 fully saturated rings. The lowest BCUT2D eigenvalue weighted by atomic mass is 10.2. The number of benzene rings is 1. The molecule has 0 unspecified atom stereocenters. The van der Waals surface area contributed by atoms with E-state index in [2.05, 4.69) is 15.2 Å². The number of furan rings is 1. The molecule has 0 atom stereocenters. The minimum atomic E-state index is 0.438. The second kappa shape index (κ2) is 6.60. The quantitative estimate of drug-likeness (QED) is 0.550. The summed E-state index contributed by atoms with van der Waals surface area (Å²) in [7, 11) is 1.95. The Labute approximate surface area is 144 Å². The Morgan fingerprint density at radius 2 is 1.76 bits per heavy atom. The van der Waals surface area contributed by atoms with Crippen LogP contribution in [0, 0.1) is 0 Å². The number of hydrogen-bond donors (Lipinski definition) is 0. The number of anilines is 1. The topological polar surface area (TPSA) is 68.2 Å². The van der Waals surface area contributed by atoms with Gasteiger partial charge in [-0.2, -0.15) is 0 Å². The summed E-state index contributed by atoms with van der Waals surface area (Å²) < 4.78 is 11.3. The lowest BCUT2D eigenvalue weighted by Crippen LogP contribution is -2.18.